The molecule has 0 bridgehead atoms. The third kappa shape index (κ3) is 7.04. The largest absolute Gasteiger partial charge is 0.372 e. The van der Waals surface area contributed by atoms with E-state index in [9.17, 15) is 19.7 Å². The molecule has 0 fully saturated rings. The van der Waals surface area contributed by atoms with Crippen LogP contribution in [0.5, 0.6) is 0 Å². The number of hydrogen-bond acceptors (Lipinski definition) is 9. The third-order valence-corrected chi connectivity index (χ3v) is 5.97. The smallest absolute Gasteiger partial charge is 0.287 e. The number of anilines is 2. The minimum absolute atomic E-state index is 0.0743. The molecule has 2 N–H and O–H groups in total. The number of hydrazone groups is 1. The van der Waals surface area contributed by atoms with Gasteiger partial charge < -0.3 is 4.90 Å². The maximum atomic E-state index is 12.3. The van der Waals surface area contributed by atoms with Crippen LogP contribution in [-0.2, 0) is 11.2 Å². The van der Waals surface area contributed by atoms with Crippen LogP contribution in [0.15, 0.2) is 47.6 Å². The quantitative estimate of drug-likeness (QED) is 0.237. The number of rotatable bonds is 10. The zero-order valence-electron chi connectivity index (χ0n) is 18.9. The van der Waals surface area contributed by atoms with Gasteiger partial charge in [-0.1, -0.05) is 35.1 Å². The van der Waals surface area contributed by atoms with Crippen LogP contribution in [-0.4, -0.2) is 46.2 Å². The molecule has 0 aliphatic carbocycles. The van der Waals surface area contributed by atoms with Crippen LogP contribution >= 0.6 is 22.9 Å². The number of amides is 2. The minimum Gasteiger partial charge on any atom is -0.372 e. The summed E-state index contributed by atoms with van der Waals surface area (Å²) in [6, 6.07) is 11.5. The number of aromatic nitrogens is 2. The highest BCUT2D eigenvalue weighted by Gasteiger charge is 2.17. The van der Waals surface area contributed by atoms with E-state index in [0.717, 1.165) is 41.7 Å². The minimum atomic E-state index is -0.640. The Kier molecular flexibility index (Phi) is 8.81. The molecule has 1 heterocycles. The monoisotopic (exact) mass is 515 g/mol. The first kappa shape index (κ1) is 25.7. The Balaban J connectivity index is 1.51. The Morgan fingerprint density at radius 2 is 1.89 bits per heavy atom. The zero-order chi connectivity index (χ0) is 25.4. The molecule has 2 aromatic carbocycles. The van der Waals surface area contributed by atoms with Gasteiger partial charge in [-0.05, 0) is 43.7 Å². The lowest BCUT2D eigenvalue weighted by molar-refractivity contribution is -0.384. The van der Waals surface area contributed by atoms with Crippen molar-refractivity contribution in [1.82, 2.24) is 15.6 Å². The summed E-state index contributed by atoms with van der Waals surface area (Å²) in [7, 11) is 0. The predicted octanol–water partition coefficient (Wildman–Crippen LogP) is 3.89. The maximum absolute atomic E-state index is 12.3. The van der Waals surface area contributed by atoms with Crippen LogP contribution in [0.25, 0.3) is 0 Å². The van der Waals surface area contributed by atoms with Crippen LogP contribution in [0.3, 0.4) is 0 Å². The Morgan fingerprint density at radius 1 is 1.17 bits per heavy atom. The molecule has 35 heavy (non-hydrogen) atoms. The molecule has 13 heteroatoms. The first-order valence-corrected chi connectivity index (χ1v) is 11.7. The van der Waals surface area contributed by atoms with Gasteiger partial charge in [0.25, 0.3) is 11.6 Å². The van der Waals surface area contributed by atoms with E-state index in [4.69, 9.17) is 11.6 Å². The molecule has 0 atom stereocenters. The standard InChI is InChI=1S/C22H22ClN7O4S/c1-3-29(4-2)16-8-5-14(6-9-16)13-24-26-19(31)12-20-27-28-22(35-20)25-21(32)15-7-10-18(30(33)34)17(23)11-15/h5-11,13H,3-4,12H2,1-2H3,(H,26,31)(H,25,28,32)/b24-13-. The fourth-order valence-electron chi connectivity index (χ4n) is 3.06. The number of nitro benzene ring substituents is 1. The lowest BCUT2D eigenvalue weighted by Crippen LogP contribution is -2.21. The van der Waals surface area contributed by atoms with E-state index in [2.05, 4.69) is 44.8 Å². The SMILES string of the molecule is CCN(CC)c1ccc(/C=N\NC(=O)Cc2nnc(NC(=O)c3ccc([N+](=O)[O-])c(Cl)c3)s2)cc1. The van der Waals surface area contributed by atoms with Crippen molar-refractivity contribution in [2.45, 2.75) is 20.3 Å². The lowest BCUT2D eigenvalue weighted by Gasteiger charge is -2.20. The first-order chi connectivity index (χ1) is 16.8. The average Bonchev–Trinajstić information content (AvgIpc) is 3.26. The van der Waals surface area contributed by atoms with Crippen LogP contribution in [0.2, 0.25) is 5.02 Å². The van der Waals surface area contributed by atoms with E-state index < -0.39 is 16.7 Å². The molecule has 0 saturated carbocycles. The predicted molar refractivity (Wildman–Crippen MR) is 135 cm³/mol. The molecule has 3 aromatic rings. The number of benzene rings is 2. The van der Waals surface area contributed by atoms with E-state index >= 15 is 0 Å². The van der Waals surface area contributed by atoms with Crippen LogP contribution in [0, 0.1) is 10.1 Å². The van der Waals surface area contributed by atoms with E-state index in [0.29, 0.717) is 5.01 Å². The summed E-state index contributed by atoms with van der Waals surface area (Å²) >= 11 is 6.86. The second-order valence-electron chi connectivity index (χ2n) is 7.11. The molecule has 0 spiro atoms. The van der Waals surface area contributed by atoms with Gasteiger partial charge in [-0.25, -0.2) is 5.43 Å². The van der Waals surface area contributed by atoms with E-state index in [1.165, 1.54) is 12.1 Å². The number of nitro groups is 1. The van der Waals surface area contributed by atoms with Crippen molar-refractivity contribution in [1.29, 1.82) is 0 Å². The Labute approximate surface area is 210 Å². The fraction of sp³-hybridized carbons (Fsp3) is 0.227. The molecule has 182 valence electrons. The lowest BCUT2D eigenvalue weighted by atomic mass is 10.2. The summed E-state index contributed by atoms with van der Waals surface area (Å²) in [4.78, 5) is 36.9. The first-order valence-electron chi connectivity index (χ1n) is 10.5. The van der Waals surface area contributed by atoms with Gasteiger partial charge in [0.1, 0.15) is 10.0 Å². The second kappa shape index (κ2) is 12.0. The highest BCUT2D eigenvalue weighted by atomic mass is 35.5. The van der Waals surface area contributed by atoms with Crippen molar-refractivity contribution in [2.75, 3.05) is 23.3 Å². The number of nitrogens with one attached hydrogen (secondary N) is 2. The molecule has 2 amide bonds. The molecule has 3 rings (SSSR count). The summed E-state index contributed by atoms with van der Waals surface area (Å²) in [6.07, 6.45) is 1.47. The number of hydrogen-bond donors (Lipinski definition) is 2. The van der Waals surface area contributed by atoms with E-state index in [1.54, 1.807) is 6.21 Å². The molecule has 0 aliphatic heterocycles. The van der Waals surface area contributed by atoms with Gasteiger partial charge in [-0.2, -0.15) is 5.10 Å². The van der Waals surface area contributed by atoms with Crippen molar-refractivity contribution in [3.63, 3.8) is 0 Å². The zero-order valence-corrected chi connectivity index (χ0v) is 20.5. The van der Waals surface area contributed by atoms with Crippen LogP contribution < -0.4 is 15.6 Å². The Hall–Kier alpha value is -3.90. The van der Waals surface area contributed by atoms with Crippen molar-refractivity contribution >= 4 is 57.5 Å². The molecule has 0 unspecified atom stereocenters. The normalized spacial score (nSPS) is 10.8. The molecular weight excluding hydrogens is 494 g/mol. The summed E-state index contributed by atoms with van der Waals surface area (Å²) in [5.41, 5.74) is 4.22. The van der Waals surface area contributed by atoms with Gasteiger partial charge in [0.15, 0.2) is 0 Å². The third-order valence-electron chi connectivity index (χ3n) is 4.83. The second-order valence-corrected chi connectivity index (χ2v) is 8.58. The Morgan fingerprint density at radius 3 is 2.51 bits per heavy atom. The fourth-order valence-corrected chi connectivity index (χ4v) is 4.04. The van der Waals surface area contributed by atoms with Gasteiger partial charge in [0.2, 0.25) is 11.0 Å². The molecule has 0 aliphatic rings. The maximum Gasteiger partial charge on any atom is 0.287 e. The molecule has 0 radical (unpaired) electrons. The summed E-state index contributed by atoms with van der Waals surface area (Å²) in [5, 5.41) is 25.4. The van der Waals surface area contributed by atoms with Gasteiger partial charge >= 0.3 is 0 Å². The number of carbonyl (C=O) groups excluding carboxylic acids is 2. The number of halogens is 1. The Bertz CT molecular complexity index is 1240. The molecular formula is C22H22ClN7O4S. The molecule has 0 saturated heterocycles. The highest BCUT2D eigenvalue weighted by molar-refractivity contribution is 7.15. The molecule has 1 aromatic heterocycles. The van der Waals surface area contributed by atoms with Crippen molar-refractivity contribution in [3.8, 4) is 0 Å². The number of carbonyl (C=O) groups is 2. The van der Waals surface area contributed by atoms with Crippen LogP contribution in [0.4, 0.5) is 16.5 Å². The van der Waals surface area contributed by atoms with Gasteiger partial charge in [0, 0.05) is 30.4 Å². The number of nitrogens with zero attached hydrogens (tertiary/aromatic N) is 5. The summed E-state index contributed by atoms with van der Waals surface area (Å²) in [5.74, 6) is -0.956. The van der Waals surface area contributed by atoms with Gasteiger partial charge in [-0.3, -0.25) is 25.0 Å². The van der Waals surface area contributed by atoms with Gasteiger partial charge in [0.05, 0.1) is 17.6 Å². The molecule has 11 nitrogen and oxygen atoms in total. The van der Waals surface area contributed by atoms with E-state index in [1.807, 2.05) is 24.3 Å². The van der Waals surface area contributed by atoms with E-state index in [-0.39, 0.29) is 27.8 Å². The van der Waals surface area contributed by atoms with Crippen molar-refractivity contribution in [3.05, 3.63) is 73.7 Å². The van der Waals surface area contributed by atoms with Crippen molar-refractivity contribution in [2.24, 2.45) is 5.10 Å². The topological polar surface area (TPSA) is 143 Å². The van der Waals surface area contributed by atoms with Crippen LogP contribution in [0.1, 0.15) is 34.8 Å². The highest BCUT2D eigenvalue weighted by Crippen LogP contribution is 2.25. The summed E-state index contributed by atoms with van der Waals surface area (Å²) in [6.45, 7) is 6.03. The average molecular weight is 516 g/mol. The summed E-state index contributed by atoms with van der Waals surface area (Å²) < 4.78 is 0. The van der Waals surface area contributed by atoms with Gasteiger partial charge in [-0.15, -0.1) is 10.2 Å². The van der Waals surface area contributed by atoms with Crippen molar-refractivity contribution < 1.29 is 14.5 Å².